The third-order valence-electron chi connectivity index (χ3n) is 2.60. The number of benzene rings is 1. The molecular formula is C15H18N2O2. The van der Waals surface area contributed by atoms with Crippen LogP contribution in [0.2, 0.25) is 0 Å². The number of carbonyl (C=O) groups is 1. The number of aryl methyl sites for hydroxylation is 1. The third-order valence-corrected chi connectivity index (χ3v) is 2.60. The highest BCUT2D eigenvalue weighted by Gasteiger charge is 2.24. The molecule has 0 unspecified atom stereocenters. The molecule has 0 aliphatic heterocycles. The molecule has 1 aromatic rings. The van der Waals surface area contributed by atoms with Crippen molar-refractivity contribution in [2.24, 2.45) is 5.41 Å². The monoisotopic (exact) mass is 258 g/mol. The quantitative estimate of drug-likeness (QED) is 0.485. The van der Waals surface area contributed by atoms with Gasteiger partial charge in [-0.15, -0.1) is 0 Å². The first-order chi connectivity index (χ1) is 8.75. The first-order valence-corrected chi connectivity index (χ1v) is 5.97. The molecule has 1 aromatic carbocycles. The summed E-state index contributed by atoms with van der Waals surface area (Å²) in [5, 5.41) is 21.6. The molecule has 0 radical (unpaired) electrons. The topological polar surface area (TPSA) is 73.1 Å². The lowest BCUT2D eigenvalue weighted by Crippen LogP contribution is -2.20. The van der Waals surface area contributed by atoms with Gasteiger partial charge in [-0.2, -0.15) is 5.26 Å². The van der Waals surface area contributed by atoms with E-state index in [-0.39, 0.29) is 11.3 Å². The van der Waals surface area contributed by atoms with Gasteiger partial charge in [0.05, 0.1) is 0 Å². The van der Waals surface area contributed by atoms with Crippen LogP contribution >= 0.6 is 0 Å². The Labute approximate surface area is 113 Å². The molecule has 0 aliphatic carbocycles. The second kappa shape index (κ2) is 5.57. The zero-order valence-corrected chi connectivity index (χ0v) is 11.6. The van der Waals surface area contributed by atoms with Crippen LogP contribution in [-0.4, -0.2) is 11.0 Å². The zero-order valence-electron chi connectivity index (χ0n) is 11.6. The van der Waals surface area contributed by atoms with E-state index in [4.69, 9.17) is 5.26 Å². The molecule has 0 atom stereocenters. The Morgan fingerprint density at radius 3 is 2.21 bits per heavy atom. The molecule has 0 aliphatic rings. The highest BCUT2D eigenvalue weighted by molar-refractivity contribution is 6.07. The maximum Gasteiger partial charge on any atom is 0.269 e. The summed E-state index contributed by atoms with van der Waals surface area (Å²) in [6.45, 7) is 7.15. The molecule has 0 fully saturated rings. The minimum absolute atomic E-state index is 0.209. The maximum atomic E-state index is 12.0. The van der Waals surface area contributed by atoms with E-state index in [9.17, 15) is 9.90 Å². The molecule has 0 bridgehead atoms. The van der Waals surface area contributed by atoms with E-state index in [1.165, 1.54) is 0 Å². The van der Waals surface area contributed by atoms with E-state index in [0.29, 0.717) is 5.69 Å². The molecule has 0 aromatic heterocycles. The average Bonchev–Trinajstić information content (AvgIpc) is 2.31. The van der Waals surface area contributed by atoms with Gasteiger partial charge in [0, 0.05) is 11.1 Å². The second-order valence-electron chi connectivity index (χ2n) is 5.41. The van der Waals surface area contributed by atoms with Gasteiger partial charge in [0.2, 0.25) is 0 Å². The zero-order chi connectivity index (χ0) is 14.6. The van der Waals surface area contributed by atoms with E-state index in [0.717, 1.165) is 5.56 Å². The van der Waals surface area contributed by atoms with E-state index in [2.05, 4.69) is 5.32 Å². The van der Waals surface area contributed by atoms with Crippen molar-refractivity contribution in [2.75, 3.05) is 5.32 Å². The van der Waals surface area contributed by atoms with Crippen molar-refractivity contribution in [1.82, 2.24) is 0 Å². The van der Waals surface area contributed by atoms with Crippen molar-refractivity contribution in [2.45, 2.75) is 27.7 Å². The number of carbonyl (C=O) groups excluding carboxylic acids is 1. The summed E-state index contributed by atoms with van der Waals surface area (Å²) in [6.07, 6.45) is 0. The fourth-order valence-corrected chi connectivity index (χ4v) is 1.42. The fourth-order valence-electron chi connectivity index (χ4n) is 1.42. The third kappa shape index (κ3) is 3.85. The van der Waals surface area contributed by atoms with Crippen molar-refractivity contribution in [3.63, 3.8) is 0 Å². The summed E-state index contributed by atoms with van der Waals surface area (Å²) in [6, 6.07) is 8.96. The van der Waals surface area contributed by atoms with Gasteiger partial charge in [-0.3, -0.25) is 4.79 Å². The highest BCUT2D eigenvalue weighted by Crippen LogP contribution is 2.26. The van der Waals surface area contributed by atoms with E-state index >= 15 is 0 Å². The van der Waals surface area contributed by atoms with Gasteiger partial charge >= 0.3 is 0 Å². The van der Waals surface area contributed by atoms with Crippen LogP contribution in [0.25, 0.3) is 0 Å². The molecule has 4 heteroatoms. The number of nitriles is 1. The van der Waals surface area contributed by atoms with Crippen molar-refractivity contribution in [3.05, 3.63) is 41.2 Å². The number of hydrogen-bond acceptors (Lipinski definition) is 3. The van der Waals surface area contributed by atoms with E-state index < -0.39 is 11.3 Å². The summed E-state index contributed by atoms with van der Waals surface area (Å²) < 4.78 is 0. The first-order valence-electron chi connectivity index (χ1n) is 5.97. The number of amides is 1. The van der Waals surface area contributed by atoms with Crippen molar-refractivity contribution >= 4 is 11.6 Å². The van der Waals surface area contributed by atoms with Crippen LogP contribution in [0, 0.1) is 23.7 Å². The molecule has 1 rings (SSSR count). The number of nitrogens with one attached hydrogen (secondary N) is 1. The number of aliphatic hydroxyl groups excluding tert-OH is 1. The average molecular weight is 258 g/mol. The molecule has 0 heterocycles. The van der Waals surface area contributed by atoms with Crippen molar-refractivity contribution in [1.29, 1.82) is 5.26 Å². The summed E-state index contributed by atoms with van der Waals surface area (Å²) in [4.78, 5) is 12.0. The van der Waals surface area contributed by atoms with Crippen LogP contribution in [0.1, 0.15) is 26.3 Å². The Hall–Kier alpha value is -2.28. The minimum atomic E-state index is -0.643. The van der Waals surface area contributed by atoms with E-state index in [1.54, 1.807) is 39.0 Å². The standard InChI is InChI=1S/C15H18N2O2/c1-10-5-7-11(8-6-10)17-14(19)12(9-16)13(18)15(2,3)4/h5-8,18H,1-4H3,(H,17,19)/b13-12-. The molecular weight excluding hydrogens is 240 g/mol. The SMILES string of the molecule is Cc1ccc(NC(=O)/C(C#N)=C(\O)C(C)(C)C)cc1. The van der Waals surface area contributed by atoms with Crippen molar-refractivity contribution < 1.29 is 9.90 Å². The molecule has 0 spiro atoms. The number of nitrogens with zero attached hydrogens (tertiary/aromatic N) is 1. The first kappa shape index (κ1) is 14.8. The summed E-state index contributed by atoms with van der Waals surface area (Å²) >= 11 is 0. The van der Waals surface area contributed by atoms with Gasteiger partial charge < -0.3 is 10.4 Å². The fraction of sp³-hybridized carbons (Fsp3) is 0.333. The molecule has 100 valence electrons. The van der Waals surface area contributed by atoms with Crippen LogP contribution in [0.15, 0.2) is 35.6 Å². The Bertz CT molecular complexity index is 543. The van der Waals surface area contributed by atoms with Gasteiger partial charge in [-0.1, -0.05) is 38.5 Å². The lowest BCUT2D eigenvalue weighted by Gasteiger charge is -2.18. The number of hydrogen-bond donors (Lipinski definition) is 2. The predicted molar refractivity (Wildman–Crippen MR) is 74.5 cm³/mol. The van der Waals surface area contributed by atoms with Gasteiger partial charge in [0.25, 0.3) is 5.91 Å². The predicted octanol–water partition coefficient (Wildman–Crippen LogP) is 3.32. The maximum absolute atomic E-state index is 12.0. The van der Waals surface area contributed by atoms with Crippen LogP contribution in [0.4, 0.5) is 5.69 Å². The summed E-state index contributed by atoms with van der Waals surface area (Å²) in [5.74, 6) is -0.807. The van der Waals surface area contributed by atoms with Gasteiger partial charge in [-0.05, 0) is 19.1 Å². The highest BCUT2D eigenvalue weighted by atomic mass is 16.3. The number of anilines is 1. The van der Waals surface area contributed by atoms with Gasteiger partial charge in [-0.25, -0.2) is 0 Å². The molecule has 0 saturated heterocycles. The van der Waals surface area contributed by atoms with Crippen LogP contribution < -0.4 is 5.32 Å². The molecule has 1 amide bonds. The lowest BCUT2D eigenvalue weighted by atomic mass is 9.90. The van der Waals surface area contributed by atoms with Crippen LogP contribution in [-0.2, 0) is 4.79 Å². The van der Waals surface area contributed by atoms with Crippen LogP contribution in [0.5, 0.6) is 0 Å². The second-order valence-corrected chi connectivity index (χ2v) is 5.41. The molecule has 19 heavy (non-hydrogen) atoms. The normalized spacial score (nSPS) is 12.4. The Balaban J connectivity index is 3.00. The Kier molecular flexibility index (Phi) is 4.34. The van der Waals surface area contributed by atoms with Gasteiger partial charge in [0.15, 0.2) is 5.57 Å². The summed E-state index contributed by atoms with van der Waals surface area (Å²) in [5.41, 5.74) is 0.764. The van der Waals surface area contributed by atoms with Crippen LogP contribution in [0.3, 0.4) is 0 Å². The molecule has 4 nitrogen and oxygen atoms in total. The Morgan fingerprint density at radius 1 is 1.26 bits per heavy atom. The number of allylic oxidation sites excluding steroid dienone is 1. The van der Waals surface area contributed by atoms with E-state index in [1.807, 2.05) is 19.1 Å². The lowest BCUT2D eigenvalue weighted by molar-refractivity contribution is -0.112. The summed E-state index contributed by atoms with van der Waals surface area (Å²) in [7, 11) is 0. The van der Waals surface area contributed by atoms with Gasteiger partial charge in [0.1, 0.15) is 11.8 Å². The molecule has 0 saturated carbocycles. The minimum Gasteiger partial charge on any atom is -0.510 e. The number of aliphatic hydroxyl groups is 1. The Morgan fingerprint density at radius 2 is 1.79 bits per heavy atom. The molecule has 2 N–H and O–H groups in total. The largest absolute Gasteiger partial charge is 0.510 e. The van der Waals surface area contributed by atoms with Crippen molar-refractivity contribution in [3.8, 4) is 6.07 Å². The number of rotatable bonds is 2. The smallest absolute Gasteiger partial charge is 0.269 e.